The maximum atomic E-state index is 13.1. The first-order chi connectivity index (χ1) is 17.0. The van der Waals surface area contributed by atoms with E-state index in [1.165, 1.54) is 38.5 Å². The van der Waals surface area contributed by atoms with E-state index >= 15 is 0 Å². The second kappa shape index (κ2) is 9.08. The van der Waals surface area contributed by atoms with E-state index < -0.39 is 10.8 Å². The molecule has 6 nitrogen and oxygen atoms in total. The summed E-state index contributed by atoms with van der Waals surface area (Å²) in [6.07, 6.45) is 13.6. The quantitative estimate of drug-likeness (QED) is 0.500. The lowest BCUT2D eigenvalue weighted by Crippen LogP contribution is -2.56. The number of hydrogen-bond donors (Lipinski definition) is 1. The third-order valence-electron chi connectivity index (χ3n) is 8.66. The topological polar surface area (TPSA) is 68.9 Å². The average Bonchev–Trinajstić information content (AvgIpc) is 3.48. The Morgan fingerprint density at radius 3 is 2.31 bits per heavy atom. The number of carbonyl (C=O) groups excluding carboxylic acids is 1. The van der Waals surface area contributed by atoms with Gasteiger partial charge in [0, 0.05) is 34.8 Å². The van der Waals surface area contributed by atoms with Gasteiger partial charge in [0.2, 0.25) is 5.91 Å². The van der Waals surface area contributed by atoms with Crippen LogP contribution in [0.15, 0.2) is 61.1 Å². The Hall–Kier alpha value is -2.67. The van der Waals surface area contributed by atoms with Crippen LogP contribution < -0.4 is 5.32 Å². The molecular formula is C28H34N4O2S. The predicted molar refractivity (Wildman–Crippen MR) is 138 cm³/mol. The van der Waals surface area contributed by atoms with Crippen molar-refractivity contribution in [2.24, 2.45) is 23.2 Å². The summed E-state index contributed by atoms with van der Waals surface area (Å²) < 4.78 is 17.0. The first-order valence-corrected chi connectivity index (χ1v) is 14.4. The second-order valence-corrected chi connectivity index (χ2v) is 12.6. The molecule has 184 valence electrons. The summed E-state index contributed by atoms with van der Waals surface area (Å²) in [6.45, 7) is 2.18. The molecule has 4 fully saturated rings. The molecule has 7 rings (SSSR count). The van der Waals surface area contributed by atoms with E-state index in [4.69, 9.17) is 0 Å². The molecule has 7 heteroatoms. The van der Waals surface area contributed by atoms with Crippen molar-refractivity contribution in [2.75, 3.05) is 5.75 Å². The Morgan fingerprint density at radius 1 is 1.06 bits per heavy atom. The van der Waals surface area contributed by atoms with Gasteiger partial charge in [-0.3, -0.25) is 9.00 Å². The van der Waals surface area contributed by atoms with Crippen LogP contribution in [0, 0.1) is 23.2 Å². The van der Waals surface area contributed by atoms with Gasteiger partial charge < -0.3 is 9.88 Å². The molecular weight excluding hydrogens is 456 g/mol. The molecule has 1 N–H and O–H groups in total. The lowest BCUT2D eigenvalue weighted by atomic mass is 9.48. The van der Waals surface area contributed by atoms with Crippen molar-refractivity contribution < 1.29 is 9.00 Å². The van der Waals surface area contributed by atoms with Crippen LogP contribution in [0.4, 0.5) is 0 Å². The molecule has 2 atom stereocenters. The van der Waals surface area contributed by atoms with Crippen molar-refractivity contribution in [1.29, 1.82) is 0 Å². The van der Waals surface area contributed by atoms with E-state index in [1.54, 1.807) is 6.20 Å². The monoisotopic (exact) mass is 490 g/mol. The summed E-state index contributed by atoms with van der Waals surface area (Å²) in [7, 11) is -1.32. The molecule has 4 aliphatic rings. The molecule has 4 bridgehead atoms. The van der Waals surface area contributed by atoms with Crippen molar-refractivity contribution >= 4 is 16.7 Å². The largest absolute Gasteiger partial charge is 0.352 e. The number of carbonyl (C=O) groups is 1. The molecule has 0 spiro atoms. The van der Waals surface area contributed by atoms with Gasteiger partial charge in [0.25, 0.3) is 0 Å². The highest BCUT2D eigenvalue weighted by atomic mass is 32.2. The third kappa shape index (κ3) is 4.39. The molecule has 4 aliphatic carbocycles. The highest BCUT2D eigenvalue weighted by Crippen LogP contribution is 2.61. The van der Waals surface area contributed by atoms with Crippen LogP contribution in [-0.2, 0) is 21.3 Å². The predicted octanol–water partition coefficient (Wildman–Crippen LogP) is 4.63. The number of nitrogens with zero attached hydrogens (tertiary/aromatic N) is 3. The first kappa shape index (κ1) is 22.8. The van der Waals surface area contributed by atoms with Crippen molar-refractivity contribution in [3.05, 3.63) is 66.6 Å². The Balaban J connectivity index is 1.14. The minimum atomic E-state index is -1.32. The normalized spacial score (nSPS) is 28.7. The fraction of sp³-hybridized carbons (Fsp3) is 0.500. The Bertz CT molecular complexity index is 1180. The standard InChI is InChI=1S/C28H34N4O2S/c1-20(28-14-21-11-22(15-28)13-23(12-21)16-28)30-26(33)19-35(34)18-24-17-29-32(25-7-3-2-4-8-25)27(24)31-9-5-6-10-31/h2-10,17,20-23H,11-16,18-19H2,1H3,(H,30,33)/t20-,21?,22?,23?,28?,35+/m0/s1. The van der Waals surface area contributed by atoms with Gasteiger partial charge in [0.05, 0.1) is 17.6 Å². The Kier molecular flexibility index (Phi) is 5.91. The van der Waals surface area contributed by atoms with E-state index in [-0.39, 0.29) is 23.1 Å². The number of amides is 1. The zero-order chi connectivity index (χ0) is 24.0. The average molecular weight is 491 g/mol. The van der Waals surface area contributed by atoms with Gasteiger partial charge in [-0.25, -0.2) is 4.68 Å². The smallest absolute Gasteiger partial charge is 0.232 e. The number of benzene rings is 1. The fourth-order valence-corrected chi connectivity index (χ4v) is 8.53. The van der Waals surface area contributed by atoms with Gasteiger partial charge >= 0.3 is 0 Å². The van der Waals surface area contributed by atoms with E-state index in [1.807, 2.05) is 64.1 Å². The van der Waals surface area contributed by atoms with Crippen molar-refractivity contribution in [3.63, 3.8) is 0 Å². The van der Waals surface area contributed by atoms with Gasteiger partial charge in [-0.05, 0) is 92.9 Å². The fourth-order valence-electron chi connectivity index (χ4n) is 7.50. The molecule has 0 unspecified atom stereocenters. The number of hydrogen-bond acceptors (Lipinski definition) is 3. The van der Waals surface area contributed by atoms with Crippen molar-refractivity contribution in [1.82, 2.24) is 19.7 Å². The number of rotatable bonds is 8. The summed E-state index contributed by atoms with van der Waals surface area (Å²) in [4.78, 5) is 13.0. The summed E-state index contributed by atoms with van der Waals surface area (Å²) in [5, 5.41) is 7.86. The van der Waals surface area contributed by atoms with Gasteiger partial charge in [-0.15, -0.1) is 0 Å². The van der Waals surface area contributed by atoms with Crippen molar-refractivity contribution in [2.45, 2.75) is 57.2 Å². The zero-order valence-corrected chi connectivity index (χ0v) is 21.1. The maximum Gasteiger partial charge on any atom is 0.232 e. The second-order valence-electron chi connectivity index (χ2n) is 11.1. The van der Waals surface area contributed by atoms with Crippen LogP contribution in [0.2, 0.25) is 0 Å². The van der Waals surface area contributed by atoms with Crippen LogP contribution in [0.1, 0.15) is 51.0 Å². The SMILES string of the molecule is C[C@H](NC(=O)C[S@](=O)Cc1cnn(-c2ccccc2)c1-n1cccc1)C12CC3CC(CC(C3)C1)C2. The summed E-state index contributed by atoms with van der Waals surface area (Å²) >= 11 is 0. The van der Waals surface area contributed by atoms with E-state index in [2.05, 4.69) is 17.3 Å². The molecule has 3 aromatic rings. The highest BCUT2D eigenvalue weighted by Gasteiger charge is 2.53. The number of para-hydroxylation sites is 1. The molecule has 1 aromatic carbocycles. The minimum absolute atomic E-state index is 0.0261. The van der Waals surface area contributed by atoms with E-state index in [0.717, 1.165) is 34.8 Å². The van der Waals surface area contributed by atoms with Crippen LogP contribution in [-0.4, -0.2) is 36.3 Å². The Labute approximate surface area is 209 Å². The van der Waals surface area contributed by atoms with Crippen LogP contribution in [0.5, 0.6) is 0 Å². The summed E-state index contributed by atoms with van der Waals surface area (Å²) in [5.41, 5.74) is 2.06. The third-order valence-corrected chi connectivity index (χ3v) is 9.87. The van der Waals surface area contributed by atoms with Crippen LogP contribution in [0.3, 0.4) is 0 Å². The molecule has 0 aliphatic heterocycles. The maximum absolute atomic E-state index is 13.1. The molecule has 0 saturated heterocycles. The first-order valence-electron chi connectivity index (χ1n) is 12.9. The Morgan fingerprint density at radius 2 is 1.69 bits per heavy atom. The van der Waals surface area contributed by atoms with E-state index in [9.17, 15) is 9.00 Å². The lowest BCUT2D eigenvalue weighted by molar-refractivity contribution is -0.123. The number of aromatic nitrogens is 3. The zero-order valence-electron chi connectivity index (χ0n) is 20.3. The molecule has 2 aromatic heterocycles. The van der Waals surface area contributed by atoms with Crippen LogP contribution in [0.25, 0.3) is 11.5 Å². The summed E-state index contributed by atoms with van der Waals surface area (Å²) in [6, 6.07) is 14.0. The van der Waals surface area contributed by atoms with Crippen molar-refractivity contribution in [3.8, 4) is 11.5 Å². The van der Waals surface area contributed by atoms with Gasteiger partial charge in [0.15, 0.2) is 0 Å². The van der Waals surface area contributed by atoms with Crippen LogP contribution >= 0.6 is 0 Å². The summed E-state index contributed by atoms with van der Waals surface area (Å²) in [5.74, 6) is 3.63. The molecule has 4 saturated carbocycles. The van der Waals surface area contributed by atoms with E-state index in [0.29, 0.717) is 5.75 Å². The molecule has 1 amide bonds. The van der Waals surface area contributed by atoms with Gasteiger partial charge in [-0.2, -0.15) is 5.10 Å². The molecule has 35 heavy (non-hydrogen) atoms. The minimum Gasteiger partial charge on any atom is -0.352 e. The highest BCUT2D eigenvalue weighted by molar-refractivity contribution is 7.84. The molecule has 0 radical (unpaired) electrons. The van der Waals surface area contributed by atoms with Gasteiger partial charge in [-0.1, -0.05) is 18.2 Å². The van der Waals surface area contributed by atoms with Gasteiger partial charge in [0.1, 0.15) is 11.6 Å². The molecule has 2 heterocycles. The number of nitrogens with one attached hydrogen (secondary N) is 1. The lowest BCUT2D eigenvalue weighted by Gasteiger charge is -2.59.